The molecule has 1 amide bonds. The van der Waals surface area contributed by atoms with Crippen LogP contribution in [0, 0.1) is 6.92 Å². The summed E-state index contributed by atoms with van der Waals surface area (Å²) < 4.78 is 25.0. The van der Waals surface area contributed by atoms with Crippen LogP contribution in [-0.2, 0) is 21.2 Å². The third kappa shape index (κ3) is 4.54. The number of piperidine rings is 1. The first-order chi connectivity index (χ1) is 12.8. The van der Waals surface area contributed by atoms with Crippen LogP contribution >= 0.6 is 0 Å². The SMILES string of the molecule is Cc1ccc(S(=O)(=O)N/N=C2/CCC(=O)N[C@@]2(C)Cc2ccccc2)cc1. The standard InChI is InChI=1S/C20H23N3O3S/c1-15-8-10-17(11-9-15)27(25,26)23-22-18-12-13-19(24)21-20(18,2)14-16-6-4-3-5-7-16/h3-11,23H,12-14H2,1-2H3,(H,21,24)/b22-18-/t20-/m0/s1. The summed E-state index contributed by atoms with van der Waals surface area (Å²) in [6, 6.07) is 16.3. The van der Waals surface area contributed by atoms with Crippen molar-refractivity contribution >= 4 is 21.6 Å². The predicted molar refractivity (Wildman–Crippen MR) is 105 cm³/mol. The first-order valence-electron chi connectivity index (χ1n) is 8.79. The van der Waals surface area contributed by atoms with Gasteiger partial charge in [-0.05, 0) is 38.0 Å². The zero-order valence-electron chi connectivity index (χ0n) is 15.4. The van der Waals surface area contributed by atoms with Crippen LogP contribution in [0.3, 0.4) is 0 Å². The second-order valence-electron chi connectivity index (χ2n) is 7.01. The molecule has 7 heteroatoms. The van der Waals surface area contributed by atoms with Gasteiger partial charge >= 0.3 is 0 Å². The summed E-state index contributed by atoms with van der Waals surface area (Å²) in [6.45, 7) is 3.76. The molecule has 1 aliphatic rings. The second kappa shape index (κ2) is 7.52. The van der Waals surface area contributed by atoms with Crippen LogP contribution in [-0.4, -0.2) is 25.6 Å². The number of nitrogens with one attached hydrogen (secondary N) is 2. The van der Waals surface area contributed by atoms with Gasteiger partial charge in [0.2, 0.25) is 5.91 Å². The minimum Gasteiger partial charge on any atom is -0.345 e. The number of hydrazone groups is 1. The van der Waals surface area contributed by atoms with Crippen LogP contribution in [0.25, 0.3) is 0 Å². The summed E-state index contributed by atoms with van der Waals surface area (Å²) in [5, 5.41) is 7.17. The van der Waals surface area contributed by atoms with Crippen molar-refractivity contribution in [1.29, 1.82) is 0 Å². The highest BCUT2D eigenvalue weighted by Gasteiger charge is 2.37. The summed E-state index contributed by atoms with van der Waals surface area (Å²) in [7, 11) is -3.76. The number of aryl methyl sites for hydroxylation is 1. The van der Waals surface area contributed by atoms with E-state index in [0.29, 0.717) is 18.6 Å². The van der Waals surface area contributed by atoms with Gasteiger partial charge in [-0.1, -0.05) is 48.0 Å². The Bertz CT molecular complexity index is 954. The molecule has 27 heavy (non-hydrogen) atoms. The van der Waals surface area contributed by atoms with Gasteiger partial charge in [0.1, 0.15) is 0 Å². The molecule has 142 valence electrons. The summed E-state index contributed by atoms with van der Waals surface area (Å²) in [5.41, 5.74) is 1.88. The number of carbonyl (C=O) groups excluding carboxylic acids is 1. The monoisotopic (exact) mass is 385 g/mol. The van der Waals surface area contributed by atoms with E-state index in [1.807, 2.05) is 44.2 Å². The maximum absolute atomic E-state index is 12.5. The molecule has 1 atom stereocenters. The van der Waals surface area contributed by atoms with Crippen LogP contribution in [0.5, 0.6) is 0 Å². The number of carbonyl (C=O) groups is 1. The van der Waals surface area contributed by atoms with Gasteiger partial charge < -0.3 is 5.32 Å². The van der Waals surface area contributed by atoms with Crippen LogP contribution in [0.1, 0.15) is 30.9 Å². The van der Waals surface area contributed by atoms with E-state index in [9.17, 15) is 13.2 Å². The Kier molecular flexibility index (Phi) is 5.32. The first kappa shape index (κ1) is 19.1. The fourth-order valence-corrected chi connectivity index (χ4v) is 4.00. The lowest BCUT2D eigenvalue weighted by Gasteiger charge is -2.36. The average molecular weight is 385 g/mol. The number of sulfonamides is 1. The summed E-state index contributed by atoms with van der Waals surface area (Å²) >= 11 is 0. The molecule has 1 aliphatic heterocycles. The number of nitrogens with zero attached hydrogens (tertiary/aromatic N) is 1. The molecule has 0 aliphatic carbocycles. The number of hydrogen-bond acceptors (Lipinski definition) is 4. The molecule has 0 radical (unpaired) electrons. The van der Waals surface area contributed by atoms with E-state index in [1.165, 1.54) is 0 Å². The van der Waals surface area contributed by atoms with E-state index < -0.39 is 15.6 Å². The number of rotatable bonds is 5. The zero-order chi connectivity index (χ0) is 19.5. The topological polar surface area (TPSA) is 87.6 Å². The molecule has 2 aromatic rings. The molecule has 0 aromatic heterocycles. The minimum absolute atomic E-state index is 0.0613. The number of hydrogen-bond donors (Lipinski definition) is 2. The molecule has 0 bridgehead atoms. The smallest absolute Gasteiger partial charge is 0.276 e. The third-order valence-corrected chi connectivity index (χ3v) is 5.90. The maximum Gasteiger partial charge on any atom is 0.276 e. The zero-order valence-corrected chi connectivity index (χ0v) is 16.2. The Labute approximate surface area is 159 Å². The van der Waals surface area contributed by atoms with Crippen molar-refractivity contribution in [2.75, 3.05) is 0 Å². The largest absolute Gasteiger partial charge is 0.345 e. The van der Waals surface area contributed by atoms with Gasteiger partial charge in [-0.15, -0.1) is 0 Å². The van der Waals surface area contributed by atoms with Crippen LogP contribution < -0.4 is 10.1 Å². The molecule has 0 spiro atoms. The first-order valence-corrected chi connectivity index (χ1v) is 10.3. The fourth-order valence-electron chi connectivity index (χ4n) is 3.17. The van der Waals surface area contributed by atoms with Gasteiger partial charge in [0.15, 0.2) is 0 Å². The molecule has 1 fully saturated rings. The van der Waals surface area contributed by atoms with Crippen molar-refractivity contribution in [3.8, 4) is 0 Å². The summed E-state index contributed by atoms with van der Waals surface area (Å²) in [5.74, 6) is -0.0613. The molecule has 0 unspecified atom stereocenters. The van der Waals surface area contributed by atoms with E-state index in [4.69, 9.17) is 0 Å². The lowest BCUT2D eigenvalue weighted by Crippen LogP contribution is -2.57. The molecule has 0 saturated carbocycles. The van der Waals surface area contributed by atoms with Crippen molar-refractivity contribution in [1.82, 2.24) is 10.1 Å². The van der Waals surface area contributed by atoms with E-state index in [1.54, 1.807) is 24.3 Å². The van der Waals surface area contributed by atoms with Gasteiger partial charge in [-0.25, -0.2) is 4.83 Å². The Morgan fingerprint density at radius 3 is 2.41 bits per heavy atom. The van der Waals surface area contributed by atoms with Gasteiger partial charge in [-0.2, -0.15) is 13.5 Å². The quantitative estimate of drug-likeness (QED) is 0.776. The van der Waals surface area contributed by atoms with Gasteiger partial charge in [0.25, 0.3) is 10.0 Å². The normalized spacial score (nSPS) is 21.7. The molecule has 1 saturated heterocycles. The Hall–Kier alpha value is -2.67. The molecular weight excluding hydrogens is 362 g/mol. The predicted octanol–water partition coefficient (Wildman–Crippen LogP) is 2.54. The Morgan fingerprint density at radius 2 is 1.74 bits per heavy atom. The number of benzene rings is 2. The second-order valence-corrected chi connectivity index (χ2v) is 8.67. The van der Waals surface area contributed by atoms with E-state index in [-0.39, 0.29) is 17.2 Å². The highest BCUT2D eigenvalue weighted by Crippen LogP contribution is 2.22. The number of amides is 1. The highest BCUT2D eigenvalue weighted by atomic mass is 32.2. The van der Waals surface area contributed by atoms with Gasteiger partial charge in [-0.3, -0.25) is 4.79 Å². The Balaban J connectivity index is 1.85. The van der Waals surface area contributed by atoms with Gasteiger partial charge in [0, 0.05) is 12.8 Å². The summed E-state index contributed by atoms with van der Waals surface area (Å²) in [6.07, 6.45) is 1.23. The molecule has 1 heterocycles. The molecule has 3 rings (SSSR count). The lowest BCUT2D eigenvalue weighted by atomic mass is 9.83. The fraction of sp³-hybridized carbons (Fsp3) is 0.300. The van der Waals surface area contributed by atoms with E-state index in [2.05, 4.69) is 15.2 Å². The Morgan fingerprint density at radius 1 is 1.07 bits per heavy atom. The van der Waals surface area contributed by atoms with E-state index in [0.717, 1.165) is 11.1 Å². The molecule has 2 N–H and O–H groups in total. The van der Waals surface area contributed by atoms with Crippen molar-refractivity contribution in [3.05, 3.63) is 65.7 Å². The third-order valence-electron chi connectivity index (χ3n) is 4.67. The van der Waals surface area contributed by atoms with E-state index >= 15 is 0 Å². The maximum atomic E-state index is 12.5. The summed E-state index contributed by atoms with van der Waals surface area (Å²) in [4.78, 5) is 14.4. The molecular formula is C20H23N3O3S. The molecule has 6 nitrogen and oxygen atoms in total. The van der Waals surface area contributed by atoms with Crippen LogP contribution in [0.2, 0.25) is 0 Å². The van der Waals surface area contributed by atoms with Crippen LogP contribution in [0.15, 0.2) is 64.6 Å². The lowest BCUT2D eigenvalue weighted by molar-refractivity contribution is -0.122. The van der Waals surface area contributed by atoms with Crippen molar-refractivity contribution in [2.45, 2.75) is 43.5 Å². The minimum atomic E-state index is -3.76. The van der Waals surface area contributed by atoms with Crippen LogP contribution in [0.4, 0.5) is 0 Å². The van der Waals surface area contributed by atoms with Crippen molar-refractivity contribution < 1.29 is 13.2 Å². The van der Waals surface area contributed by atoms with Crippen molar-refractivity contribution in [3.63, 3.8) is 0 Å². The van der Waals surface area contributed by atoms with Gasteiger partial charge in [0.05, 0.1) is 16.1 Å². The van der Waals surface area contributed by atoms with Crippen molar-refractivity contribution in [2.24, 2.45) is 5.10 Å². The highest BCUT2D eigenvalue weighted by molar-refractivity contribution is 7.89. The average Bonchev–Trinajstić information content (AvgIpc) is 2.62. The molecule has 2 aromatic carbocycles.